The zero-order chi connectivity index (χ0) is 21.7. The lowest BCUT2D eigenvalue weighted by atomic mass is 10.3. The van der Waals surface area contributed by atoms with Crippen molar-refractivity contribution in [3.8, 4) is 0 Å². The Bertz CT molecular complexity index is 947. The van der Waals surface area contributed by atoms with Gasteiger partial charge in [-0.3, -0.25) is 14.7 Å². The van der Waals surface area contributed by atoms with Gasteiger partial charge in [0.05, 0.1) is 0 Å². The number of nitrogens with one attached hydrogen (secondary N) is 1. The minimum absolute atomic E-state index is 0.0249. The molecule has 1 aliphatic rings. The Morgan fingerprint density at radius 2 is 1.87 bits per heavy atom. The quantitative estimate of drug-likeness (QED) is 0.588. The van der Waals surface area contributed by atoms with Gasteiger partial charge in [-0.1, -0.05) is 0 Å². The van der Waals surface area contributed by atoms with Crippen molar-refractivity contribution in [1.82, 2.24) is 19.3 Å². The molecule has 2 aromatic rings. The van der Waals surface area contributed by atoms with Crippen molar-refractivity contribution in [2.24, 2.45) is 12.0 Å². The van der Waals surface area contributed by atoms with Crippen molar-refractivity contribution < 1.29 is 9.59 Å². The molecule has 0 saturated carbocycles. The highest BCUT2D eigenvalue weighted by atomic mass is 127. The van der Waals surface area contributed by atoms with Crippen LogP contribution in [0.5, 0.6) is 0 Å². The lowest BCUT2D eigenvalue weighted by Gasteiger charge is -2.35. The summed E-state index contributed by atoms with van der Waals surface area (Å²) in [6, 6.07) is 7.26. The molecule has 3 amide bonds. The first-order chi connectivity index (χ1) is 14.4. The van der Waals surface area contributed by atoms with Crippen LogP contribution in [0, 0.1) is 3.57 Å². The van der Waals surface area contributed by atoms with Crippen molar-refractivity contribution in [3.63, 3.8) is 0 Å². The van der Waals surface area contributed by atoms with Gasteiger partial charge in [0.1, 0.15) is 6.54 Å². The highest BCUT2D eigenvalue weighted by Crippen LogP contribution is 2.12. The Hall–Kier alpha value is -1.92. The fourth-order valence-electron chi connectivity index (χ4n) is 3.26. The molecular formula is C20H27IN6O2S. The van der Waals surface area contributed by atoms with Gasteiger partial charge >= 0.3 is 6.03 Å². The molecule has 3 rings (SSSR count). The van der Waals surface area contributed by atoms with Gasteiger partial charge in [0.2, 0.25) is 5.91 Å². The number of piperazine rings is 1. The highest BCUT2D eigenvalue weighted by Gasteiger charge is 2.23. The Kier molecular flexibility index (Phi) is 7.89. The van der Waals surface area contributed by atoms with Gasteiger partial charge in [0.15, 0.2) is 4.80 Å². The average Bonchev–Trinajstić information content (AvgIpc) is 3.09. The summed E-state index contributed by atoms with van der Waals surface area (Å²) in [5.41, 5.74) is 1.95. The number of rotatable bonds is 5. The van der Waals surface area contributed by atoms with Gasteiger partial charge in [-0.15, -0.1) is 11.3 Å². The van der Waals surface area contributed by atoms with E-state index in [-0.39, 0.29) is 18.5 Å². The fraction of sp³-hybridized carbons (Fsp3) is 0.450. The smallest absolute Gasteiger partial charge is 0.322 e. The van der Waals surface area contributed by atoms with Crippen LogP contribution in [0.1, 0.15) is 5.69 Å². The summed E-state index contributed by atoms with van der Waals surface area (Å²) in [6.45, 7) is 3.89. The largest absolute Gasteiger partial charge is 0.339 e. The number of carbonyl (C=O) groups is 2. The van der Waals surface area contributed by atoms with Gasteiger partial charge in [0, 0.05) is 74.2 Å². The zero-order valence-corrected chi connectivity index (χ0v) is 20.4. The predicted octanol–water partition coefficient (Wildman–Crippen LogP) is 2.03. The molecule has 1 aliphatic heterocycles. The lowest BCUT2D eigenvalue weighted by molar-refractivity contribution is -0.133. The Morgan fingerprint density at radius 3 is 2.47 bits per heavy atom. The molecule has 0 spiro atoms. The summed E-state index contributed by atoms with van der Waals surface area (Å²) in [5, 5.41) is 4.96. The average molecular weight is 542 g/mol. The van der Waals surface area contributed by atoms with Crippen LogP contribution in [0.25, 0.3) is 0 Å². The molecule has 0 atom stereocenters. The van der Waals surface area contributed by atoms with Gasteiger partial charge in [-0.2, -0.15) is 0 Å². The molecule has 1 aromatic heterocycles. The second kappa shape index (κ2) is 10.4. The van der Waals surface area contributed by atoms with Crippen molar-refractivity contribution in [2.45, 2.75) is 6.54 Å². The van der Waals surface area contributed by atoms with E-state index in [1.807, 2.05) is 36.2 Å². The first-order valence-electron chi connectivity index (χ1n) is 9.71. The summed E-state index contributed by atoms with van der Waals surface area (Å²) in [4.78, 5) is 35.9. The van der Waals surface area contributed by atoms with Gasteiger partial charge in [0.25, 0.3) is 0 Å². The van der Waals surface area contributed by atoms with Crippen LogP contribution in [0.15, 0.2) is 34.6 Å². The van der Waals surface area contributed by atoms with Crippen LogP contribution in [0.3, 0.4) is 0 Å². The van der Waals surface area contributed by atoms with E-state index < -0.39 is 0 Å². The molecule has 0 aliphatic carbocycles. The maximum Gasteiger partial charge on any atom is 0.322 e. The maximum absolute atomic E-state index is 12.6. The molecule has 0 bridgehead atoms. The van der Waals surface area contributed by atoms with Gasteiger partial charge < -0.3 is 19.7 Å². The summed E-state index contributed by atoms with van der Waals surface area (Å²) in [7, 11) is 5.48. The second-order valence-electron chi connectivity index (χ2n) is 7.24. The van der Waals surface area contributed by atoms with Crippen LogP contribution in [-0.4, -0.2) is 78.0 Å². The number of carbonyl (C=O) groups excluding carboxylic acids is 2. The van der Waals surface area contributed by atoms with Crippen LogP contribution in [0.4, 0.5) is 10.5 Å². The summed E-state index contributed by atoms with van der Waals surface area (Å²) >= 11 is 3.86. The van der Waals surface area contributed by atoms with Crippen molar-refractivity contribution in [3.05, 3.63) is 43.7 Å². The first-order valence-corrected chi connectivity index (χ1v) is 11.7. The molecule has 1 aromatic carbocycles. The topological polar surface area (TPSA) is 73.2 Å². The predicted molar refractivity (Wildman–Crippen MR) is 127 cm³/mol. The van der Waals surface area contributed by atoms with Crippen molar-refractivity contribution >= 4 is 51.6 Å². The number of thiazole rings is 1. The van der Waals surface area contributed by atoms with E-state index in [0.717, 1.165) is 28.0 Å². The molecule has 30 heavy (non-hydrogen) atoms. The van der Waals surface area contributed by atoms with Crippen molar-refractivity contribution in [1.29, 1.82) is 0 Å². The number of aromatic nitrogens is 1. The Morgan fingerprint density at radius 1 is 1.20 bits per heavy atom. The molecule has 1 N–H and O–H groups in total. The molecule has 162 valence electrons. The lowest BCUT2D eigenvalue weighted by Crippen LogP contribution is -2.51. The van der Waals surface area contributed by atoms with Gasteiger partial charge in [-0.05, 0) is 46.9 Å². The van der Waals surface area contributed by atoms with Crippen LogP contribution in [-0.2, 0) is 18.4 Å². The van der Waals surface area contributed by atoms with Crippen LogP contribution < -0.4 is 10.1 Å². The summed E-state index contributed by atoms with van der Waals surface area (Å²) in [5.74, 6) is -0.0249. The van der Waals surface area contributed by atoms with E-state index in [1.54, 1.807) is 25.4 Å². The van der Waals surface area contributed by atoms with Gasteiger partial charge in [-0.25, -0.2) is 4.79 Å². The normalized spacial score (nSPS) is 15.3. The molecular weight excluding hydrogens is 515 g/mol. The van der Waals surface area contributed by atoms with E-state index >= 15 is 0 Å². The molecule has 2 heterocycles. The minimum Gasteiger partial charge on any atom is -0.339 e. The number of amides is 3. The van der Waals surface area contributed by atoms with Crippen LogP contribution in [0.2, 0.25) is 0 Å². The maximum atomic E-state index is 12.6. The second-order valence-corrected chi connectivity index (χ2v) is 9.32. The van der Waals surface area contributed by atoms with E-state index in [0.29, 0.717) is 18.8 Å². The van der Waals surface area contributed by atoms with E-state index in [2.05, 4.69) is 47.7 Å². The molecule has 1 fully saturated rings. The number of halogens is 1. The minimum atomic E-state index is -0.287. The number of nitrogens with zero attached hydrogens (tertiary/aromatic N) is 5. The number of hydrogen-bond donors (Lipinski definition) is 1. The fourth-order valence-corrected chi connectivity index (χ4v) is 4.47. The summed E-state index contributed by atoms with van der Waals surface area (Å²) in [6.07, 6.45) is 0. The van der Waals surface area contributed by atoms with Crippen LogP contribution >= 0.6 is 33.9 Å². The Balaban J connectivity index is 1.45. The third-order valence-corrected chi connectivity index (χ3v) is 6.91. The Labute approximate surface area is 194 Å². The number of likely N-dealkylation sites (N-methyl/N-ethyl adjacent to an activating group) is 1. The van der Waals surface area contributed by atoms with E-state index in [4.69, 9.17) is 0 Å². The van der Waals surface area contributed by atoms with E-state index in [1.165, 1.54) is 10.6 Å². The van der Waals surface area contributed by atoms with Crippen molar-refractivity contribution in [2.75, 3.05) is 52.1 Å². The third-order valence-electron chi connectivity index (χ3n) is 5.13. The molecule has 8 nitrogen and oxygen atoms in total. The monoisotopic (exact) mass is 542 g/mol. The molecule has 10 heteroatoms. The SMILES string of the molecule is C/N=c1\scc(CN2CCN(C(=O)CN(C)C(=O)Nc3ccc(I)cc3)CC2)n1C. The number of benzene rings is 1. The first kappa shape index (κ1) is 22.8. The van der Waals surface area contributed by atoms with E-state index in [9.17, 15) is 9.59 Å². The highest BCUT2D eigenvalue weighted by molar-refractivity contribution is 14.1. The zero-order valence-electron chi connectivity index (χ0n) is 17.5. The number of anilines is 1. The number of urea groups is 1. The molecule has 1 saturated heterocycles. The standard InChI is InChI=1S/C20H27IN6O2S/c1-22-20-25(3)17(14-30-20)12-26-8-10-27(11-9-26)18(28)13-24(2)19(29)23-16-6-4-15(21)5-7-16/h4-7,14H,8-13H2,1-3H3,(H,23,29)/b22-20-. The summed E-state index contributed by atoms with van der Waals surface area (Å²) < 4.78 is 3.21. The molecule has 0 radical (unpaired) electrons. The molecule has 0 unspecified atom stereocenters. The number of hydrogen-bond acceptors (Lipinski definition) is 5. The third kappa shape index (κ3) is 5.82.